The minimum Gasteiger partial charge on any atom is -0.872 e. The van der Waals surface area contributed by atoms with Gasteiger partial charge in [-0.2, -0.15) is 0 Å². The van der Waals surface area contributed by atoms with Crippen LogP contribution in [0, 0.1) is 6.92 Å². The molecule has 0 unspecified atom stereocenters. The van der Waals surface area contributed by atoms with Gasteiger partial charge in [0, 0.05) is 6.21 Å². The standard InChI is InChI=1S/C12H17NO.Li/c1-9-6-5-7-10(11(9)14)8-13-12(2,3)4;/h5-8,14H,1-4H3;/q;+1/p-1. The largest absolute Gasteiger partial charge is 1.00 e. The van der Waals surface area contributed by atoms with E-state index in [9.17, 15) is 5.11 Å². The van der Waals surface area contributed by atoms with Crippen LogP contribution in [0.1, 0.15) is 31.9 Å². The molecule has 0 aromatic heterocycles. The van der Waals surface area contributed by atoms with Crippen molar-refractivity contribution in [2.75, 3.05) is 0 Å². The molecule has 1 aromatic rings. The van der Waals surface area contributed by atoms with E-state index in [-0.39, 0.29) is 30.1 Å². The zero-order valence-corrected chi connectivity index (χ0v) is 10.2. The Bertz CT molecular complexity index is 353. The summed E-state index contributed by atoms with van der Waals surface area (Å²) in [4.78, 5) is 4.30. The molecule has 15 heavy (non-hydrogen) atoms. The molecule has 0 amide bonds. The van der Waals surface area contributed by atoms with E-state index in [1.54, 1.807) is 12.3 Å². The summed E-state index contributed by atoms with van der Waals surface area (Å²) in [5.41, 5.74) is 1.30. The van der Waals surface area contributed by atoms with E-state index in [4.69, 9.17) is 0 Å². The smallest absolute Gasteiger partial charge is 0.872 e. The van der Waals surface area contributed by atoms with Crippen LogP contribution >= 0.6 is 0 Å². The van der Waals surface area contributed by atoms with Crippen molar-refractivity contribution in [3.8, 4) is 5.75 Å². The first-order valence-electron chi connectivity index (χ1n) is 4.72. The van der Waals surface area contributed by atoms with Crippen molar-refractivity contribution < 1.29 is 24.0 Å². The summed E-state index contributed by atoms with van der Waals surface area (Å²) in [5.74, 6) is 0.0699. The van der Waals surface area contributed by atoms with Crippen LogP contribution in [-0.4, -0.2) is 11.8 Å². The number of hydrogen-bond acceptors (Lipinski definition) is 2. The van der Waals surface area contributed by atoms with Crippen molar-refractivity contribution in [2.45, 2.75) is 33.2 Å². The monoisotopic (exact) mass is 197 g/mol. The van der Waals surface area contributed by atoms with Crippen LogP contribution in [0.15, 0.2) is 23.2 Å². The Morgan fingerprint density at radius 1 is 1.27 bits per heavy atom. The maximum absolute atomic E-state index is 11.6. The molecule has 0 saturated heterocycles. The molecule has 76 valence electrons. The molecule has 0 bridgehead atoms. The Morgan fingerprint density at radius 3 is 2.40 bits per heavy atom. The molecule has 2 nitrogen and oxygen atoms in total. The van der Waals surface area contributed by atoms with Crippen LogP contribution in [0.3, 0.4) is 0 Å². The fourth-order valence-electron chi connectivity index (χ4n) is 1.04. The average Bonchev–Trinajstić information content (AvgIpc) is 2.06. The maximum Gasteiger partial charge on any atom is 1.00 e. The van der Waals surface area contributed by atoms with Crippen LogP contribution in [0.4, 0.5) is 0 Å². The van der Waals surface area contributed by atoms with Gasteiger partial charge in [0.2, 0.25) is 0 Å². The number of rotatable bonds is 1. The van der Waals surface area contributed by atoms with Gasteiger partial charge in [0.05, 0.1) is 5.54 Å². The van der Waals surface area contributed by atoms with Crippen LogP contribution < -0.4 is 24.0 Å². The summed E-state index contributed by atoms with van der Waals surface area (Å²) >= 11 is 0. The van der Waals surface area contributed by atoms with E-state index in [2.05, 4.69) is 4.99 Å². The summed E-state index contributed by atoms with van der Waals surface area (Å²) in [5, 5.41) is 11.6. The quantitative estimate of drug-likeness (QED) is 0.432. The topological polar surface area (TPSA) is 35.4 Å². The fraction of sp³-hybridized carbons (Fsp3) is 0.417. The number of aliphatic imine (C=N–C) groups is 1. The molecule has 0 saturated carbocycles. The predicted molar refractivity (Wildman–Crippen MR) is 58.0 cm³/mol. The Kier molecular flexibility index (Phi) is 5.14. The predicted octanol–water partition coefficient (Wildman–Crippen LogP) is -0.710. The van der Waals surface area contributed by atoms with Gasteiger partial charge in [0.1, 0.15) is 0 Å². The third-order valence-corrected chi connectivity index (χ3v) is 1.83. The molecular formula is C12H16LiNO. The Labute approximate surface area is 104 Å². The molecule has 0 fully saturated rings. The zero-order valence-electron chi connectivity index (χ0n) is 10.2. The summed E-state index contributed by atoms with van der Waals surface area (Å²) in [7, 11) is 0. The fourth-order valence-corrected chi connectivity index (χ4v) is 1.04. The SMILES string of the molecule is Cc1cccc(C=NC(C)(C)C)c1[O-].[Li+]. The van der Waals surface area contributed by atoms with E-state index in [1.807, 2.05) is 39.8 Å². The molecule has 0 radical (unpaired) electrons. The second-order valence-electron chi connectivity index (χ2n) is 4.42. The van der Waals surface area contributed by atoms with E-state index in [0.29, 0.717) is 5.56 Å². The first kappa shape index (κ1) is 14.3. The summed E-state index contributed by atoms with van der Waals surface area (Å²) in [6.45, 7) is 7.83. The van der Waals surface area contributed by atoms with Crippen LogP contribution in [0.25, 0.3) is 0 Å². The van der Waals surface area contributed by atoms with Crippen molar-refractivity contribution in [1.29, 1.82) is 0 Å². The van der Waals surface area contributed by atoms with Gasteiger partial charge < -0.3 is 5.11 Å². The van der Waals surface area contributed by atoms with Crippen LogP contribution in [0.5, 0.6) is 5.75 Å². The Hall–Kier alpha value is -0.713. The first-order valence-corrected chi connectivity index (χ1v) is 4.72. The molecular weight excluding hydrogens is 181 g/mol. The summed E-state index contributed by atoms with van der Waals surface area (Å²) in [6, 6.07) is 5.49. The molecule has 0 N–H and O–H groups in total. The minimum atomic E-state index is -0.129. The molecule has 0 aliphatic rings. The Morgan fingerprint density at radius 2 is 1.87 bits per heavy atom. The van der Waals surface area contributed by atoms with Gasteiger partial charge >= 0.3 is 18.9 Å². The van der Waals surface area contributed by atoms with Crippen molar-refractivity contribution in [3.05, 3.63) is 29.3 Å². The van der Waals surface area contributed by atoms with Gasteiger partial charge in [-0.1, -0.05) is 29.5 Å². The van der Waals surface area contributed by atoms with Gasteiger partial charge in [-0.25, -0.2) is 0 Å². The van der Waals surface area contributed by atoms with Crippen molar-refractivity contribution in [3.63, 3.8) is 0 Å². The van der Waals surface area contributed by atoms with Crippen LogP contribution in [0.2, 0.25) is 0 Å². The van der Waals surface area contributed by atoms with Gasteiger partial charge in [0.25, 0.3) is 0 Å². The van der Waals surface area contributed by atoms with Crippen molar-refractivity contribution in [2.24, 2.45) is 4.99 Å². The van der Waals surface area contributed by atoms with Gasteiger partial charge in [0.15, 0.2) is 0 Å². The summed E-state index contributed by atoms with van der Waals surface area (Å²) < 4.78 is 0. The summed E-state index contributed by atoms with van der Waals surface area (Å²) in [6.07, 6.45) is 1.66. The number of aryl methyl sites for hydroxylation is 1. The molecule has 0 spiro atoms. The third kappa shape index (κ3) is 4.55. The van der Waals surface area contributed by atoms with E-state index >= 15 is 0 Å². The van der Waals surface area contributed by atoms with Gasteiger partial charge in [-0.15, -0.1) is 0 Å². The van der Waals surface area contributed by atoms with Gasteiger partial charge in [-0.05, 0) is 33.3 Å². The van der Waals surface area contributed by atoms with Crippen LogP contribution in [-0.2, 0) is 0 Å². The number of para-hydroxylation sites is 1. The number of nitrogens with zero attached hydrogens (tertiary/aromatic N) is 1. The zero-order chi connectivity index (χ0) is 10.8. The molecule has 0 aliphatic heterocycles. The van der Waals surface area contributed by atoms with E-state index in [1.165, 1.54) is 0 Å². The first-order chi connectivity index (χ1) is 6.40. The van der Waals surface area contributed by atoms with Crippen molar-refractivity contribution >= 4 is 6.21 Å². The van der Waals surface area contributed by atoms with Gasteiger partial charge in [-0.3, -0.25) is 4.99 Å². The molecule has 0 heterocycles. The minimum absolute atomic E-state index is 0. The molecule has 0 aliphatic carbocycles. The second-order valence-corrected chi connectivity index (χ2v) is 4.42. The third-order valence-electron chi connectivity index (χ3n) is 1.83. The normalized spacial score (nSPS) is 11.5. The molecule has 1 aromatic carbocycles. The second kappa shape index (κ2) is 5.39. The number of hydrogen-bond donors (Lipinski definition) is 0. The van der Waals surface area contributed by atoms with Crippen molar-refractivity contribution in [1.82, 2.24) is 0 Å². The molecule has 0 atom stereocenters. The Balaban J connectivity index is 0.00000196. The average molecular weight is 197 g/mol. The van der Waals surface area contributed by atoms with E-state index < -0.39 is 0 Å². The van der Waals surface area contributed by atoms with E-state index in [0.717, 1.165) is 5.56 Å². The molecule has 1 rings (SSSR count). The molecule has 3 heteroatoms. The maximum atomic E-state index is 11.6. The number of benzene rings is 1.